The highest BCUT2D eigenvalue weighted by atomic mass is 79.9. The zero-order valence-electron chi connectivity index (χ0n) is 5.26. The Labute approximate surface area is 62.8 Å². The first-order chi connectivity index (χ1) is 4.25. The minimum absolute atomic E-state index is 0.599. The number of hydrogen-bond donors (Lipinski definition) is 1. The molecule has 0 aliphatic heterocycles. The smallest absolute Gasteiger partial charge is 0.0846 e. The van der Waals surface area contributed by atoms with Gasteiger partial charge in [-0.1, -0.05) is 0 Å². The van der Waals surface area contributed by atoms with Crippen molar-refractivity contribution in [2.75, 3.05) is 0 Å². The number of nitrogens with zero attached hydrogens (tertiary/aromatic N) is 1. The molecule has 0 unspecified atom stereocenters. The first kappa shape index (κ1) is 6.83. The van der Waals surface area contributed by atoms with E-state index in [2.05, 4.69) is 15.9 Å². The van der Waals surface area contributed by atoms with Crippen LogP contribution < -0.4 is 5.73 Å². The molecule has 0 saturated heterocycles. The van der Waals surface area contributed by atoms with Gasteiger partial charge in [0.15, 0.2) is 0 Å². The van der Waals surface area contributed by atoms with Crippen molar-refractivity contribution in [3.63, 3.8) is 0 Å². The molecule has 0 spiro atoms. The van der Waals surface area contributed by atoms with Crippen LogP contribution in [0.3, 0.4) is 0 Å². The van der Waals surface area contributed by atoms with Crippen molar-refractivity contribution in [3.8, 4) is 0 Å². The molecule has 0 aliphatic rings. The number of nitrogens with two attached hydrogens (primary N) is 1. The molecule has 0 fully saturated rings. The van der Waals surface area contributed by atoms with Crippen molar-refractivity contribution in [1.29, 1.82) is 0 Å². The Hall–Kier alpha value is -0.280. The maximum Gasteiger partial charge on any atom is 0.0846 e. The van der Waals surface area contributed by atoms with Crippen molar-refractivity contribution >= 4 is 15.9 Å². The zero-order valence-corrected chi connectivity index (χ0v) is 6.85. The molecule has 1 aromatic heterocycles. The van der Waals surface area contributed by atoms with Crippen LogP contribution >= 0.6 is 15.9 Å². The monoisotopic (exact) mass is 188 g/mol. The Kier molecular flexibility index (Phi) is 1.93. The van der Waals surface area contributed by atoms with Crippen LogP contribution in [0.25, 0.3) is 0 Å². The van der Waals surface area contributed by atoms with Crippen molar-refractivity contribution in [2.45, 2.75) is 6.54 Å². The zero-order chi connectivity index (χ0) is 6.85. The van der Waals surface area contributed by atoms with Crippen LogP contribution in [-0.4, -0.2) is 4.57 Å². The number of halogens is 1. The Morgan fingerprint density at radius 2 is 2.33 bits per heavy atom. The van der Waals surface area contributed by atoms with E-state index in [-0.39, 0.29) is 0 Å². The SMILES string of the molecule is Cn1c(Br)ccc1CN. The molecule has 0 amide bonds. The quantitative estimate of drug-likeness (QED) is 0.707. The van der Waals surface area contributed by atoms with Gasteiger partial charge >= 0.3 is 0 Å². The minimum Gasteiger partial charge on any atom is -0.341 e. The molecular weight excluding hydrogens is 180 g/mol. The molecule has 0 saturated carbocycles. The second-order valence-corrected chi connectivity index (χ2v) is 2.72. The molecule has 2 nitrogen and oxygen atoms in total. The molecule has 0 aromatic carbocycles. The van der Waals surface area contributed by atoms with Crippen molar-refractivity contribution in [3.05, 3.63) is 22.4 Å². The second kappa shape index (κ2) is 2.54. The van der Waals surface area contributed by atoms with Gasteiger partial charge in [-0.15, -0.1) is 0 Å². The maximum absolute atomic E-state index is 5.42. The molecule has 0 bridgehead atoms. The van der Waals surface area contributed by atoms with Crippen LogP contribution in [0.2, 0.25) is 0 Å². The lowest BCUT2D eigenvalue weighted by molar-refractivity contribution is 0.808. The van der Waals surface area contributed by atoms with Crippen LogP contribution in [0.4, 0.5) is 0 Å². The highest BCUT2D eigenvalue weighted by molar-refractivity contribution is 9.10. The van der Waals surface area contributed by atoms with Crippen LogP contribution in [0.5, 0.6) is 0 Å². The molecule has 1 rings (SSSR count). The molecule has 0 atom stereocenters. The fourth-order valence-electron chi connectivity index (χ4n) is 0.731. The Morgan fingerprint density at radius 1 is 1.67 bits per heavy atom. The molecule has 50 valence electrons. The van der Waals surface area contributed by atoms with Gasteiger partial charge in [0.25, 0.3) is 0 Å². The fraction of sp³-hybridized carbons (Fsp3) is 0.333. The van der Waals surface area contributed by atoms with Crippen LogP contribution in [0.1, 0.15) is 5.69 Å². The Morgan fingerprint density at radius 3 is 2.56 bits per heavy atom. The minimum atomic E-state index is 0.599. The van der Waals surface area contributed by atoms with Gasteiger partial charge in [-0.05, 0) is 28.1 Å². The highest BCUT2D eigenvalue weighted by Crippen LogP contribution is 2.12. The lowest BCUT2D eigenvalue weighted by Crippen LogP contribution is -2.02. The van der Waals surface area contributed by atoms with E-state index in [1.807, 2.05) is 23.7 Å². The molecule has 9 heavy (non-hydrogen) atoms. The van der Waals surface area contributed by atoms with Gasteiger partial charge in [0.1, 0.15) is 0 Å². The number of aromatic nitrogens is 1. The summed E-state index contributed by atoms with van der Waals surface area (Å²) in [5, 5.41) is 0. The lowest BCUT2D eigenvalue weighted by atomic mass is 10.4. The van der Waals surface area contributed by atoms with Gasteiger partial charge in [-0.25, -0.2) is 0 Å². The summed E-state index contributed by atoms with van der Waals surface area (Å²) < 4.78 is 3.09. The van der Waals surface area contributed by atoms with E-state index in [1.54, 1.807) is 0 Å². The van der Waals surface area contributed by atoms with Crippen LogP contribution in [0, 0.1) is 0 Å². The summed E-state index contributed by atoms with van der Waals surface area (Å²) >= 11 is 3.36. The average molecular weight is 189 g/mol. The van der Waals surface area contributed by atoms with E-state index in [9.17, 15) is 0 Å². The summed E-state index contributed by atoms with van der Waals surface area (Å²) in [4.78, 5) is 0. The van der Waals surface area contributed by atoms with E-state index in [0.717, 1.165) is 10.3 Å². The topological polar surface area (TPSA) is 30.9 Å². The van der Waals surface area contributed by atoms with Crippen molar-refractivity contribution < 1.29 is 0 Å². The Bertz CT molecular complexity index is 205. The van der Waals surface area contributed by atoms with Gasteiger partial charge in [0.05, 0.1) is 4.60 Å². The summed E-state index contributed by atoms with van der Waals surface area (Å²) in [6.45, 7) is 0.599. The third kappa shape index (κ3) is 1.17. The van der Waals surface area contributed by atoms with Crippen molar-refractivity contribution in [1.82, 2.24) is 4.57 Å². The van der Waals surface area contributed by atoms with Gasteiger partial charge < -0.3 is 10.3 Å². The third-order valence-corrected chi connectivity index (χ3v) is 2.17. The largest absolute Gasteiger partial charge is 0.341 e. The van der Waals surface area contributed by atoms with E-state index in [0.29, 0.717) is 6.54 Å². The number of rotatable bonds is 1. The number of hydrogen-bond acceptors (Lipinski definition) is 1. The van der Waals surface area contributed by atoms with E-state index >= 15 is 0 Å². The van der Waals surface area contributed by atoms with Gasteiger partial charge in [-0.3, -0.25) is 0 Å². The van der Waals surface area contributed by atoms with E-state index in [4.69, 9.17) is 5.73 Å². The second-order valence-electron chi connectivity index (χ2n) is 1.91. The fourth-order valence-corrected chi connectivity index (χ4v) is 1.09. The van der Waals surface area contributed by atoms with Crippen LogP contribution in [-0.2, 0) is 13.6 Å². The average Bonchev–Trinajstić information content (AvgIpc) is 2.15. The third-order valence-electron chi connectivity index (χ3n) is 1.37. The standard InChI is InChI=1S/C6H9BrN2/c1-9-5(4-8)2-3-6(9)7/h2-3H,4,8H2,1H3. The molecule has 2 N–H and O–H groups in total. The van der Waals surface area contributed by atoms with E-state index in [1.165, 1.54) is 0 Å². The van der Waals surface area contributed by atoms with E-state index < -0.39 is 0 Å². The molecule has 0 aliphatic carbocycles. The lowest BCUT2D eigenvalue weighted by Gasteiger charge is -1.98. The summed E-state index contributed by atoms with van der Waals surface area (Å²) in [6.07, 6.45) is 0. The molecule has 1 aromatic rings. The Balaban J connectivity index is 3.04. The van der Waals surface area contributed by atoms with Gasteiger partial charge in [0, 0.05) is 19.3 Å². The summed E-state index contributed by atoms with van der Waals surface area (Å²) in [5.74, 6) is 0. The predicted molar refractivity (Wildman–Crippen MR) is 41.0 cm³/mol. The molecule has 3 heteroatoms. The van der Waals surface area contributed by atoms with Crippen molar-refractivity contribution in [2.24, 2.45) is 12.8 Å². The molecule has 1 heterocycles. The first-order valence-corrected chi connectivity index (χ1v) is 3.55. The summed E-state index contributed by atoms with van der Waals surface area (Å²) in [7, 11) is 1.98. The van der Waals surface area contributed by atoms with Gasteiger partial charge in [-0.2, -0.15) is 0 Å². The molecular formula is C6H9BrN2. The first-order valence-electron chi connectivity index (χ1n) is 2.76. The normalized spacial score (nSPS) is 10.1. The summed E-state index contributed by atoms with van der Waals surface area (Å²) in [5.41, 5.74) is 6.56. The highest BCUT2D eigenvalue weighted by Gasteiger charge is 1.96. The van der Waals surface area contributed by atoms with Gasteiger partial charge in [0.2, 0.25) is 0 Å². The van der Waals surface area contributed by atoms with Crippen LogP contribution in [0.15, 0.2) is 16.7 Å². The maximum atomic E-state index is 5.42. The molecule has 0 radical (unpaired) electrons. The summed E-state index contributed by atoms with van der Waals surface area (Å²) in [6, 6.07) is 3.99. The predicted octanol–water partition coefficient (Wildman–Crippen LogP) is 1.25.